The van der Waals surface area contributed by atoms with Crippen LogP contribution in [0.5, 0.6) is 0 Å². The number of nitrogens with one attached hydrogen (secondary N) is 1. The Hall–Kier alpha value is -1.16. The number of carbonyl (C=O) groups is 2. The lowest BCUT2D eigenvalue weighted by molar-refractivity contribution is -0.150. The summed E-state index contributed by atoms with van der Waals surface area (Å²) in [6.07, 6.45) is 3.65. The molecule has 2 bridgehead atoms. The van der Waals surface area contributed by atoms with E-state index in [9.17, 15) is 9.59 Å². The van der Waals surface area contributed by atoms with Gasteiger partial charge in [-0.15, -0.1) is 0 Å². The molecule has 0 aromatic rings. The first kappa shape index (κ1) is 8.44. The fourth-order valence-electron chi connectivity index (χ4n) is 1.80. The third kappa shape index (κ3) is 1.18. The first-order valence-electron chi connectivity index (χ1n) is 4.38. The lowest BCUT2D eigenvalue weighted by Gasteiger charge is -2.13. The summed E-state index contributed by atoms with van der Waals surface area (Å²) in [5, 5.41) is 3.01. The van der Waals surface area contributed by atoms with Gasteiger partial charge in [-0.05, 0) is 6.92 Å². The average molecular weight is 181 g/mol. The number of hydrogen-bond donors (Lipinski definition) is 1. The van der Waals surface area contributed by atoms with Crippen molar-refractivity contribution in [2.24, 2.45) is 5.92 Å². The summed E-state index contributed by atoms with van der Waals surface area (Å²) >= 11 is 0. The van der Waals surface area contributed by atoms with Crippen molar-refractivity contribution in [1.82, 2.24) is 5.32 Å². The quantitative estimate of drug-likeness (QED) is 0.359. The van der Waals surface area contributed by atoms with E-state index in [0.29, 0.717) is 6.61 Å². The second-order valence-electron chi connectivity index (χ2n) is 3.19. The van der Waals surface area contributed by atoms with Gasteiger partial charge in [0.15, 0.2) is 5.78 Å². The minimum absolute atomic E-state index is 0.0639. The zero-order valence-electron chi connectivity index (χ0n) is 7.32. The Kier molecular flexibility index (Phi) is 1.92. The van der Waals surface area contributed by atoms with Crippen LogP contribution in [0.3, 0.4) is 0 Å². The van der Waals surface area contributed by atoms with Crippen LogP contribution < -0.4 is 5.32 Å². The molecule has 2 rings (SSSR count). The summed E-state index contributed by atoms with van der Waals surface area (Å²) < 4.78 is 4.82. The Labute approximate surface area is 75.9 Å². The van der Waals surface area contributed by atoms with E-state index in [1.165, 1.54) is 0 Å². The van der Waals surface area contributed by atoms with E-state index in [1.54, 1.807) is 13.0 Å². The molecule has 1 N–H and O–H groups in total. The van der Waals surface area contributed by atoms with E-state index in [0.717, 1.165) is 0 Å². The van der Waals surface area contributed by atoms with Crippen LogP contribution in [0.2, 0.25) is 0 Å². The molecule has 3 atom stereocenters. The van der Waals surface area contributed by atoms with Gasteiger partial charge in [-0.3, -0.25) is 14.9 Å². The summed E-state index contributed by atoms with van der Waals surface area (Å²) in [6.45, 7) is 2.06. The summed E-state index contributed by atoms with van der Waals surface area (Å²) in [6, 6.07) is -0.407. The molecule has 0 aromatic carbocycles. The van der Waals surface area contributed by atoms with Crippen molar-refractivity contribution in [3.8, 4) is 0 Å². The average Bonchev–Trinajstić information content (AvgIpc) is 2.63. The molecule has 0 amide bonds. The van der Waals surface area contributed by atoms with Crippen LogP contribution in [0.4, 0.5) is 0 Å². The van der Waals surface area contributed by atoms with E-state index in [4.69, 9.17) is 4.74 Å². The van der Waals surface area contributed by atoms with Crippen molar-refractivity contribution in [1.29, 1.82) is 0 Å². The predicted octanol–water partition coefficient (Wildman–Crippen LogP) is -0.355. The van der Waals surface area contributed by atoms with Crippen LogP contribution in [0.25, 0.3) is 0 Å². The first-order chi connectivity index (χ1) is 6.24. The molecule has 0 saturated carbocycles. The maximum Gasteiger partial charge on any atom is 0.318 e. The van der Waals surface area contributed by atoms with Gasteiger partial charge >= 0.3 is 5.97 Å². The van der Waals surface area contributed by atoms with Gasteiger partial charge in [0.25, 0.3) is 0 Å². The van der Waals surface area contributed by atoms with Crippen molar-refractivity contribution >= 4 is 11.8 Å². The van der Waals surface area contributed by atoms with E-state index in [2.05, 4.69) is 5.32 Å². The predicted molar refractivity (Wildman–Crippen MR) is 45.0 cm³/mol. The fraction of sp³-hybridized carbons (Fsp3) is 0.556. The fourth-order valence-corrected chi connectivity index (χ4v) is 1.80. The molecule has 2 aliphatic rings. The molecular formula is C9H11NO3. The number of carbonyl (C=O) groups excluding carboxylic acids is 2. The van der Waals surface area contributed by atoms with Crippen LogP contribution in [0, 0.1) is 5.92 Å². The first-order valence-corrected chi connectivity index (χ1v) is 4.38. The maximum atomic E-state index is 11.5. The Morgan fingerprint density at radius 1 is 1.62 bits per heavy atom. The highest BCUT2D eigenvalue weighted by Crippen LogP contribution is 2.25. The molecule has 1 fully saturated rings. The highest BCUT2D eigenvalue weighted by Gasteiger charge is 2.47. The highest BCUT2D eigenvalue weighted by atomic mass is 16.5. The van der Waals surface area contributed by atoms with Gasteiger partial charge < -0.3 is 4.74 Å². The van der Waals surface area contributed by atoms with Gasteiger partial charge in [0.05, 0.1) is 12.6 Å². The Morgan fingerprint density at radius 3 is 2.92 bits per heavy atom. The molecule has 0 radical (unpaired) electrons. The number of Topliss-reactive ketones (excluding diaryl/α,β-unsaturated/α-hetero) is 1. The monoisotopic (exact) mass is 181 g/mol. The van der Waals surface area contributed by atoms with Gasteiger partial charge in [-0.2, -0.15) is 0 Å². The molecule has 2 heterocycles. The van der Waals surface area contributed by atoms with E-state index < -0.39 is 11.9 Å². The van der Waals surface area contributed by atoms with Gasteiger partial charge in [0, 0.05) is 6.04 Å². The summed E-state index contributed by atoms with van der Waals surface area (Å²) in [4.78, 5) is 22.8. The number of rotatable bonds is 2. The molecule has 0 aliphatic carbocycles. The Balaban J connectivity index is 2.13. The maximum absolute atomic E-state index is 11.5. The van der Waals surface area contributed by atoms with Crippen molar-refractivity contribution in [3.63, 3.8) is 0 Å². The van der Waals surface area contributed by atoms with Crippen molar-refractivity contribution in [2.75, 3.05) is 6.61 Å². The zero-order valence-corrected chi connectivity index (χ0v) is 7.32. The Morgan fingerprint density at radius 2 is 2.38 bits per heavy atom. The second kappa shape index (κ2) is 2.96. The second-order valence-corrected chi connectivity index (χ2v) is 3.19. The summed E-state index contributed by atoms with van der Waals surface area (Å²) in [5.41, 5.74) is 0. The van der Waals surface area contributed by atoms with Gasteiger partial charge in [0.1, 0.15) is 5.92 Å². The van der Waals surface area contributed by atoms with Gasteiger partial charge in [-0.25, -0.2) is 0 Å². The molecule has 3 unspecified atom stereocenters. The zero-order chi connectivity index (χ0) is 9.42. The number of ketones is 1. The highest BCUT2D eigenvalue weighted by molar-refractivity contribution is 6.06. The molecule has 4 nitrogen and oxygen atoms in total. The Bertz CT molecular complexity index is 285. The van der Waals surface area contributed by atoms with Crippen LogP contribution in [-0.2, 0) is 14.3 Å². The van der Waals surface area contributed by atoms with Crippen LogP contribution in [-0.4, -0.2) is 30.4 Å². The topological polar surface area (TPSA) is 55.4 Å². The number of fused-ring (bicyclic) bond motifs is 2. The standard InChI is InChI=1S/C9H11NO3/c1-2-13-9(12)7-5-3-4-6(10-5)8(7)11/h3-7,10H,2H2,1H3. The SMILES string of the molecule is CCOC(=O)C1C(=O)C2C=CC1N2. The molecular weight excluding hydrogens is 170 g/mol. The third-order valence-electron chi connectivity index (χ3n) is 2.40. The molecule has 70 valence electrons. The summed E-state index contributed by atoms with van der Waals surface area (Å²) in [5.74, 6) is -1.09. The lowest BCUT2D eigenvalue weighted by Crippen LogP contribution is -2.33. The smallest absolute Gasteiger partial charge is 0.318 e. The van der Waals surface area contributed by atoms with Crippen LogP contribution >= 0.6 is 0 Å². The minimum Gasteiger partial charge on any atom is -0.465 e. The van der Waals surface area contributed by atoms with E-state index in [1.807, 2.05) is 6.08 Å². The number of ether oxygens (including phenoxy) is 1. The van der Waals surface area contributed by atoms with E-state index >= 15 is 0 Å². The van der Waals surface area contributed by atoms with Crippen molar-refractivity contribution in [3.05, 3.63) is 12.2 Å². The van der Waals surface area contributed by atoms with Crippen LogP contribution in [0.15, 0.2) is 12.2 Å². The van der Waals surface area contributed by atoms with E-state index in [-0.39, 0.29) is 17.9 Å². The number of hydrogen-bond acceptors (Lipinski definition) is 4. The molecule has 4 heteroatoms. The van der Waals surface area contributed by atoms with Crippen LogP contribution in [0.1, 0.15) is 6.92 Å². The lowest BCUT2D eigenvalue weighted by atomic mass is 9.93. The molecule has 1 saturated heterocycles. The number of esters is 1. The third-order valence-corrected chi connectivity index (χ3v) is 2.40. The van der Waals surface area contributed by atoms with Gasteiger partial charge in [0.2, 0.25) is 0 Å². The normalized spacial score (nSPS) is 35.5. The molecule has 2 aliphatic heterocycles. The van der Waals surface area contributed by atoms with Crippen molar-refractivity contribution in [2.45, 2.75) is 19.0 Å². The largest absolute Gasteiger partial charge is 0.465 e. The molecule has 0 spiro atoms. The molecule has 0 aromatic heterocycles. The molecule has 13 heavy (non-hydrogen) atoms. The summed E-state index contributed by atoms with van der Waals surface area (Å²) in [7, 11) is 0. The minimum atomic E-state index is -0.616. The van der Waals surface area contributed by atoms with Crippen molar-refractivity contribution < 1.29 is 14.3 Å². The van der Waals surface area contributed by atoms with Gasteiger partial charge in [-0.1, -0.05) is 12.2 Å².